The molecule has 4 rings (SSSR count). The molecular formula is C21H22N4O2S. The molecule has 3 heterocycles. The van der Waals surface area contributed by atoms with E-state index in [1.807, 2.05) is 29.7 Å². The zero-order valence-electron chi connectivity index (χ0n) is 16.6. The summed E-state index contributed by atoms with van der Waals surface area (Å²) in [7, 11) is 1.63. The summed E-state index contributed by atoms with van der Waals surface area (Å²) >= 11 is -1.28. The molecule has 0 N–H and O–H groups in total. The maximum Gasteiger partial charge on any atom is 0.329 e. The average Bonchev–Trinajstić information content (AvgIpc) is 3.21. The van der Waals surface area contributed by atoms with Crippen molar-refractivity contribution < 1.29 is 9.29 Å². The molecule has 1 unspecified atom stereocenters. The van der Waals surface area contributed by atoms with Crippen LogP contribution in [0.2, 0.25) is 0 Å². The Morgan fingerprint density at radius 3 is 2.36 bits per heavy atom. The van der Waals surface area contributed by atoms with Crippen LogP contribution in [-0.4, -0.2) is 37.0 Å². The number of pyridine rings is 1. The van der Waals surface area contributed by atoms with E-state index in [0.717, 1.165) is 39.4 Å². The van der Waals surface area contributed by atoms with Gasteiger partial charge in [0.1, 0.15) is 17.8 Å². The topological polar surface area (TPSA) is 67.9 Å². The molecule has 0 aliphatic heterocycles. The Kier molecular flexibility index (Phi) is 4.64. The predicted octanol–water partition coefficient (Wildman–Crippen LogP) is 3.88. The van der Waals surface area contributed by atoms with Crippen molar-refractivity contribution in [2.45, 2.75) is 25.9 Å². The molecule has 28 heavy (non-hydrogen) atoms. The summed E-state index contributed by atoms with van der Waals surface area (Å²) in [6.45, 7) is 6.09. The lowest BCUT2D eigenvalue weighted by atomic mass is 10.2. The molecule has 6 nitrogen and oxygen atoms in total. The van der Waals surface area contributed by atoms with Gasteiger partial charge in [-0.3, -0.25) is 0 Å². The van der Waals surface area contributed by atoms with Crippen LogP contribution >= 0.6 is 0 Å². The summed E-state index contributed by atoms with van der Waals surface area (Å²) in [6, 6.07) is 12.1. The van der Waals surface area contributed by atoms with Crippen molar-refractivity contribution in [3.63, 3.8) is 0 Å². The summed E-state index contributed by atoms with van der Waals surface area (Å²) in [4.78, 5) is 9.21. The minimum Gasteiger partial charge on any atom is -0.609 e. The number of imidazole rings is 1. The SMILES string of the molecule is COc1ccnc(-n2c([S+](C)[O-])nc3cc(-n4c(C)ccc4C)ccc32)c1C. The van der Waals surface area contributed by atoms with Gasteiger partial charge in [-0.25, -0.2) is 9.55 Å². The third-order valence-corrected chi connectivity index (χ3v) is 5.74. The fraction of sp³-hybridized carbons (Fsp3) is 0.238. The first-order valence-electron chi connectivity index (χ1n) is 8.93. The van der Waals surface area contributed by atoms with Gasteiger partial charge in [-0.05, 0) is 57.2 Å². The van der Waals surface area contributed by atoms with E-state index in [0.29, 0.717) is 11.0 Å². The molecule has 1 atom stereocenters. The first kappa shape index (κ1) is 18.6. The molecular weight excluding hydrogens is 372 g/mol. The summed E-state index contributed by atoms with van der Waals surface area (Å²) in [5.74, 6) is 1.41. The summed E-state index contributed by atoms with van der Waals surface area (Å²) in [6.07, 6.45) is 3.32. The third-order valence-electron chi connectivity index (χ3n) is 4.95. The number of hydrogen-bond acceptors (Lipinski definition) is 4. The molecule has 0 saturated heterocycles. The van der Waals surface area contributed by atoms with Gasteiger partial charge in [0.2, 0.25) is 0 Å². The van der Waals surface area contributed by atoms with Crippen LogP contribution in [-0.2, 0) is 11.2 Å². The van der Waals surface area contributed by atoms with E-state index in [9.17, 15) is 4.55 Å². The highest BCUT2D eigenvalue weighted by Crippen LogP contribution is 2.30. The lowest BCUT2D eigenvalue weighted by Crippen LogP contribution is -2.10. The Morgan fingerprint density at radius 1 is 1.00 bits per heavy atom. The van der Waals surface area contributed by atoms with E-state index in [4.69, 9.17) is 4.74 Å². The summed E-state index contributed by atoms with van der Waals surface area (Å²) in [5.41, 5.74) is 5.85. The van der Waals surface area contributed by atoms with Crippen LogP contribution in [0.25, 0.3) is 22.5 Å². The van der Waals surface area contributed by atoms with Gasteiger partial charge >= 0.3 is 5.16 Å². The Balaban J connectivity index is 1.98. The Labute approximate surface area is 167 Å². The number of methoxy groups -OCH3 is 1. The van der Waals surface area contributed by atoms with E-state index in [1.54, 1.807) is 19.6 Å². The van der Waals surface area contributed by atoms with Gasteiger partial charge in [0, 0.05) is 40.0 Å². The molecule has 7 heteroatoms. The monoisotopic (exact) mass is 394 g/mol. The van der Waals surface area contributed by atoms with Gasteiger partial charge in [-0.1, -0.05) is 0 Å². The van der Waals surface area contributed by atoms with Crippen LogP contribution in [0.4, 0.5) is 0 Å². The molecule has 0 amide bonds. The highest BCUT2D eigenvalue weighted by Gasteiger charge is 2.23. The smallest absolute Gasteiger partial charge is 0.329 e. The largest absolute Gasteiger partial charge is 0.609 e. The van der Waals surface area contributed by atoms with Crippen molar-refractivity contribution in [2.24, 2.45) is 0 Å². The Bertz CT molecular complexity index is 1160. The van der Waals surface area contributed by atoms with Crippen LogP contribution in [0.15, 0.2) is 47.8 Å². The number of ether oxygens (including phenoxy) is 1. The van der Waals surface area contributed by atoms with Gasteiger partial charge in [-0.15, -0.1) is 0 Å². The van der Waals surface area contributed by atoms with Gasteiger partial charge in [0.25, 0.3) is 0 Å². The van der Waals surface area contributed by atoms with E-state index in [-0.39, 0.29) is 0 Å². The fourth-order valence-electron chi connectivity index (χ4n) is 3.61. The van der Waals surface area contributed by atoms with Crippen LogP contribution in [0.1, 0.15) is 17.0 Å². The minimum atomic E-state index is -1.28. The first-order chi connectivity index (χ1) is 13.4. The van der Waals surface area contributed by atoms with Gasteiger partial charge in [0.15, 0.2) is 0 Å². The zero-order chi connectivity index (χ0) is 20.0. The van der Waals surface area contributed by atoms with Crippen molar-refractivity contribution in [3.05, 3.63) is 59.5 Å². The van der Waals surface area contributed by atoms with E-state index in [2.05, 4.69) is 46.6 Å². The van der Waals surface area contributed by atoms with E-state index in [1.165, 1.54) is 0 Å². The molecule has 0 bridgehead atoms. The molecule has 0 fully saturated rings. The normalized spacial score (nSPS) is 12.5. The quantitative estimate of drug-likeness (QED) is 0.493. The van der Waals surface area contributed by atoms with Gasteiger partial charge in [0.05, 0.1) is 18.1 Å². The van der Waals surface area contributed by atoms with E-state index < -0.39 is 11.2 Å². The minimum absolute atomic E-state index is 0.469. The molecule has 0 saturated carbocycles. The lowest BCUT2D eigenvalue weighted by molar-refractivity contribution is 0.410. The highest BCUT2D eigenvalue weighted by molar-refractivity contribution is 7.90. The number of nitrogens with zero attached hydrogens (tertiary/aromatic N) is 4. The van der Waals surface area contributed by atoms with E-state index >= 15 is 0 Å². The molecule has 144 valence electrons. The standard InChI is InChI=1S/C21H22N4O2S/c1-13-6-7-14(2)24(13)16-8-9-18-17(12-16)23-21(28(5)26)25(18)20-15(3)19(27-4)10-11-22-20/h6-12H,1-5H3. The molecule has 3 aromatic heterocycles. The van der Waals surface area contributed by atoms with Crippen molar-refractivity contribution >= 4 is 22.2 Å². The molecule has 1 aromatic carbocycles. The third kappa shape index (κ3) is 2.87. The summed E-state index contributed by atoms with van der Waals surface area (Å²) in [5, 5.41) is 0.469. The van der Waals surface area contributed by atoms with Crippen molar-refractivity contribution in [1.29, 1.82) is 0 Å². The maximum atomic E-state index is 12.5. The molecule has 0 aliphatic rings. The predicted molar refractivity (Wildman–Crippen MR) is 111 cm³/mol. The van der Waals surface area contributed by atoms with Crippen molar-refractivity contribution in [3.8, 4) is 17.3 Å². The van der Waals surface area contributed by atoms with Crippen molar-refractivity contribution in [1.82, 2.24) is 19.1 Å². The summed E-state index contributed by atoms with van der Waals surface area (Å²) < 4.78 is 21.9. The second-order valence-corrected chi connectivity index (χ2v) is 8.04. The molecule has 0 aliphatic carbocycles. The lowest BCUT2D eigenvalue weighted by Gasteiger charge is -2.13. The average molecular weight is 395 g/mol. The number of aromatic nitrogens is 4. The molecule has 0 radical (unpaired) electrons. The van der Waals surface area contributed by atoms with Crippen LogP contribution in [0.5, 0.6) is 5.75 Å². The number of rotatable bonds is 4. The first-order valence-corrected chi connectivity index (χ1v) is 10.5. The molecule has 4 aromatic rings. The van der Waals surface area contributed by atoms with Crippen molar-refractivity contribution in [2.75, 3.05) is 13.4 Å². The molecule has 0 spiro atoms. The second kappa shape index (κ2) is 7.00. The highest BCUT2D eigenvalue weighted by atomic mass is 32.2. The maximum absolute atomic E-state index is 12.5. The zero-order valence-corrected chi connectivity index (χ0v) is 17.4. The number of benzene rings is 1. The van der Waals surface area contributed by atoms with Gasteiger partial charge < -0.3 is 13.9 Å². The second-order valence-electron chi connectivity index (χ2n) is 6.77. The number of fused-ring (bicyclic) bond motifs is 1. The Morgan fingerprint density at radius 2 is 1.71 bits per heavy atom. The van der Waals surface area contributed by atoms with Crippen LogP contribution < -0.4 is 4.74 Å². The number of hydrogen-bond donors (Lipinski definition) is 0. The van der Waals surface area contributed by atoms with Gasteiger partial charge in [-0.2, -0.15) is 4.98 Å². The van der Waals surface area contributed by atoms with Crippen LogP contribution in [0, 0.1) is 20.8 Å². The van der Waals surface area contributed by atoms with Crippen LogP contribution in [0.3, 0.4) is 0 Å². The number of aryl methyl sites for hydroxylation is 2. The fourth-order valence-corrected chi connectivity index (χ4v) is 4.28. The Hall–Kier alpha value is -2.77.